The number of amides is 1. The van der Waals surface area contributed by atoms with E-state index in [1.165, 1.54) is 0 Å². The summed E-state index contributed by atoms with van der Waals surface area (Å²) in [5.74, 6) is 1.62. The SMILES string of the molecule is Cc1ccc(-c2cccc(C(=O)N3CCN(Cc4ccoc4)[C@@H](CCO)C3)c2)o1. The van der Waals surface area contributed by atoms with Crippen molar-refractivity contribution < 1.29 is 18.7 Å². The fraction of sp³-hybridized carbons (Fsp3) is 0.348. The van der Waals surface area contributed by atoms with Gasteiger partial charge in [0.25, 0.3) is 5.91 Å². The minimum atomic E-state index is 0.0148. The molecule has 0 saturated carbocycles. The fourth-order valence-electron chi connectivity index (χ4n) is 3.90. The average Bonchev–Trinajstić information content (AvgIpc) is 3.41. The van der Waals surface area contributed by atoms with Crippen LogP contribution in [0.15, 0.2) is 63.8 Å². The largest absolute Gasteiger partial charge is 0.472 e. The number of carbonyl (C=O) groups excluding carboxylic acids is 1. The maximum Gasteiger partial charge on any atom is 0.253 e. The molecule has 6 heteroatoms. The number of aliphatic hydroxyl groups excluding tert-OH is 1. The highest BCUT2D eigenvalue weighted by atomic mass is 16.3. The van der Waals surface area contributed by atoms with Gasteiger partial charge in [0.2, 0.25) is 0 Å². The van der Waals surface area contributed by atoms with Gasteiger partial charge in [-0.2, -0.15) is 0 Å². The van der Waals surface area contributed by atoms with Crippen molar-refractivity contribution in [2.24, 2.45) is 0 Å². The van der Waals surface area contributed by atoms with Gasteiger partial charge >= 0.3 is 0 Å². The van der Waals surface area contributed by atoms with Crippen molar-refractivity contribution in [2.45, 2.75) is 25.9 Å². The van der Waals surface area contributed by atoms with Crippen LogP contribution < -0.4 is 0 Å². The maximum atomic E-state index is 13.2. The quantitative estimate of drug-likeness (QED) is 0.692. The fourth-order valence-corrected chi connectivity index (χ4v) is 3.90. The number of aliphatic hydroxyl groups is 1. The minimum absolute atomic E-state index is 0.0148. The molecule has 1 saturated heterocycles. The molecule has 1 aliphatic heterocycles. The lowest BCUT2D eigenvalue weighted by atomic mass is 10.0. The molecule has 0 radical (unpaired) electrons. The highest BCUT2D eigenvalue weighted by molar-refractivity contribution is 5.95. The molecule has 1 atom stereocenters. The number of hydrogen-bond acceptors (Lipinski definition) is 5. The molecular weight excluding hydrogens is 368 g/mol. The Kier molecular flexibility index (Phi) is 5.83. The van der Waals surface area contributed by atoms with E-state index in [1.54, 1.807) is 12.5 Å². The number of benzene rings is 1. The first-order valence-electron chi connectivity index (χ1n) is 9.96. The van der Waals surface area contributed by atoms with Gasteiger partial charge < -0.3 is 18.8 Å². The Bertz CT molecular complexity index is 947. The van der Waals surface area contributed by atoms with Crippen LogP contribution in [0.5, 0.6) is 0 Å². The molecule has 1 aromatic carbocycles. The average molecular weight is 394 g/mol. The Morgan fingerprint density at radius 2 is 2.10 bits per heavy atom. The lowest BCUT2D eigenvalue weighted by molar-refractivity contribution is 0.0394. The van der Waals surface area contributed by atoms with E-state index in [9.17, 15) is 9.90 Å². The summed E-state index contributed by atoms with van der Waals surface area (Å²) in [4.78, 5) is 17.4. The molecule has 0 aliphatic carbocycles. The first kappa shape index (κ1) is 19.5. The van der Waals surface area contributed by atoms with Crippen LogP contribution in [0, 0.1) is 6.92 Å². The van der Waals surface area contributed by atoms with Gasteiger partial charge in [-0.3, -0.25) is 9.69 Å². The van der Waals surface area contributed by atoms with E-state index in [-0.39, 0.29) is 18.6 Å². The highest BCUT2D eigenvalue weighted by Crippen LogP contribution is 2.24. The van der Waals surface area contributed by atoms with Crippen LogP contribution in [0.25, 0.3) is 11.3 Å². The maximum absolute atomic E-state index is 13.2. The van der Waals surface area contributed by atoms with Crippen molar-refractivity contribution in [3.05, 3.63) is 71.9 Å². The van der Waals surface area contributed by atoms with Crippen LogP contribution >= 0.6 is 0 Å². The number of carbonyl (C=O) groups is 1. The molecule has 0 spiro atoms. The van der Waals surface area contributed by atoms with E-state index in [1.807, 2.05) is 54.3 Å². The summed E-state index contributed by atoms with van der Waals surface area (Å²) in [7, 11) is 0. The Morgan fingerprint density at radius 3 is 2.83 bits per heavy atom. The molecule has 1 amide bonds. The number of hydrogen-bond donors (Lipinski definition) is 1. The summed E-state index contributed by atoms with van der Waals surface area (Å²) in [5.41, 5.74) is 2.66. The molecule has 0 bridgehead atoms. The predicted molar refractivity (Wildman–Crippen MR) is 109 cm³/mol. The van der Waals surface area contributed by atoms with Crippen molar-refractivity contribution >= 4 is 5.91 Å². The summed E-state index contributed by atoms with van der Waals surface area (Å²) in [6, 6.07) is 13.5. The molecule has 3 aromatic rings. The second kappa shape index (κ2) is 8.68. The van der Waals surface area contributed by atoms with E-state index >= 15 is 0 Å². The summed E-state index contributed by atoms with van der Waals surface area (Å²) in [6.45, 7) is 4.78. The molecular formula is C23H26N2O4. The van der Waals surface area contributed by atoms with Crippen LogP contribution in [0.3, 0.4) is 0 Å². The van der Waals surface area contributed by atoms with Gasteiger partial charge in [-0.05, 0) is 43.7 Å². The zero-order valence-corrected chi connectivity index (χ0v) is 16.6. The first-order valence-corrected chi connectivity index (χ1v) is 9.96. The summed E-state index contributed by atoms with van der Waals surface area (Å²) in [6.07, 6.45) is 4.05. The van der Waals surface area contributed by atoms with Crippen LogP contribution in [0.1, 0.15) is 28.1 Å². The van der Waals surface area contributed by atoms with Gasteiger partial charge in [-0.25, -0.2) is 0 Å². The number of aryl methyl sites for hydroxylation is 1. The van der Waals surface area contributed by atoms with Crippen molar-refractivity contribution in [1.29, 1.82) is 0 Å². The Hall–Kier alpha value is -2.83. The van der Waals surface area contributed by atoms with Gasteiger partial charge in [0.15, 0.2) is 0 Å². The van der Waals surface area contributed by atoms with E-state index in [2.05, 4.69) is 4.90 Å². The van der Waals surface area contributed by atoms with Crippen molar-refractivity contribution in [1.82, 2.24) is 9.80 Å². The van der Waals surface area contributed by atoms with E-state index in [0.29, 0.717) is 25.1 Å². The smallest absolute Gasteiger partial charge is 0.253 e. The lowest BCUT2D eigenvalue weighted by Gasteiger charge is -2.41. The summed E-state index contributed by atoms with van der Waals surface area (Å²) >= 11 is 0. The summed E-state index contributed by atoms with van der Waals surface area (Å²) in [5, 5.41) is 9.51. The molecule has 1 N–H and O–H groups in total. The zero-order chi connectivity index (χ0) is 20.2. The third-order valence-electron chi connectivity index (χ3n) is 5.45. The van der Waals surface area contributed by atoms with Crippen molar-refractivity contribution in [2.75, 3.05) is 26.2 Å². The molecule has 1 aliphatic rings. The first-order chi connectivity index (χ1) is 14.1. The van der Waals surface area contributed by atoms with Crippen LogP contribution in [-0.2, 0) is 6.54 Å². The normalized spacial score (nSPS) is 17.6. The third kappa shape index (κ3) is 4.44. The highest BCUT2D eigenvalue weighted by Gasteiger charge is 2.30. The molecule has 2 aromatic heterocycles. The van der Waals surface area contributed by atoms with E-state index in [0.717, 1.165) is 35.7 Å². The molecule has 6 nitrogen and oxygen atoms in total. The molecule has 29 heavy (non-hydrogen) atoms. The number of nitrogens with zero attached hydrogens (tertiary/aromatic N) is 2. The Morgan fingerprint density at radius 1 is 1.21 bits per heavy atom. The summed E-state index contributed by atoms with van der Waals surface area (Å²) < 4.78 is 10.9. The van der Waals surface area contributed by atoms with Crippen LogP contribution in [0.2, 0.25) is 0 Å². The lowest BCUT2D eigenvalue weighted by Crippen LogP contribution is -2.54. The van der Waals surface area contributed by atoms with Gasteiger partial charge in [0, 0.05) is 55.5 Å². The van der Waals surface area contributed by atoms with Crippen LogP contribution in [-0.4, -0.2) is 53.1 Å². The van der Waals surface area contributed by atoms with Crippen LogP contribution in [0.4, 0.5) is 0 Å². The van der Waals surface area contributed by atoms with Gasteiger partial charge in [-0.15, -0.1) is 0 Å². The Balaban J connectivity index is 1.48. The second-order valence-corrected chi connectivity index (χ2v) is 7.51. The van der Waals surface area contributed by atoms with Crippen molar-refractivity contribution in [3.8, 4) is 11.3 Å². The van der Waals surface area contributed by atoms with E-state index < -0.39 is 0 Å². The molecule has 1 fully saturated rings. The van der Waals surface area contributed by atoms with Gasteiger partial charge in [0.05, 0.1) is 12.5 Å². The van der Waals surface area contributed by atoms with Crippen molar-refractivity contribution in [3.63, 3.8) is 0 Å². The third-order valence-corrected chi connectivity index (χ3v) is 5.45. The topological polar surface area (TPSA) is 70.1 Å². The Labute approximate surface area is 170 Å². The standard InChI is InChI=1S/C23H26N2O4/c1-17-5-6-22(29-17)19-3-2-4-20(13-19)23(27)25-10-9-24(21(15-25)7-11-26)14-18-8-12-28-16-18/h2-6,8,12-13,16,21,26H,7,9-11,14-15H2,1H3/t21-/m0/s1. The minimum Gasteiger partial charge on any atom is -0.472 e. The molecule has 0 unspecified atom stereocenters. The monoisotopic (exact) mass is 394 g/mol. The van der Waals surface area contributed by atoms with Gasteiger partial charge in [0.1, 0.15) is 11.5 Å². The predicted octanol–water partition coefficient (Wildman–Crippen LogP) is 3.56. The zero-order valence-electron chi connectivity index (χ0n) is 16.6. The number of piperazine rings is 1. The number of furan rings is 2. The number of rotatable bonds is 6. The second-order valence-electron chi connectivity index (χ2n) is 7.51. The van der Waals surface area contributed by atoms with Gasteiger partial charge in [-0.1, -0.05) is 12.1 Å². The molecule has 152 valence electrons. The van der Waals surface area contributed by atoms with E-state index in [4.69, 9.17) is 8.83 Å². The molecule has 3 heterocycles. The molecule has 4 rings (SSSR count).